The normalized spacial score (nSPS) is 46.1. The summed E-state index contributed by atoms with van der Waals surface area (Å²) in [5, 5.41) is 267. The fourth-order valence-corrected chi connectivity index (χ4v) is 12.2. The Morgan fingerprint density at radius 3 is 1.01 bits per heavy atom. The monoisotopic (exact) mass is 1440 g/mol. The second kappa shape index (κ2) is 36.5. The van der Waals surface area contributed by atoms with Crippen LogP contribution in [0.5, 0.6) is 0 Å². The maximum Gasteiger partial charge on any atom is 0.217 e. The Kier molecular flexibility index (Phi) is 30.6. The smallest absolute Gasteiger partial charge is 0.217 e. The number of ether oxygens (including phenoxy) is 14. The summed E-state index contributed by atoms with van der Waals surface area (Å²) in [7, 11) is 0. The van der Waals surface area contributed by atoms with Crippen LogP contribution in [-0.4, -0.2) is 439 Å². The molecular formula is C54H93N3O41. The maximum atomic E-state index is 12.8. The van der Waals surface area contributed by atoms with Crippen molar-refractivity contribution in [1.82, 2.24) is 16.0 Å². The van der Waals surface area contributed by atoms with Crippen LogP contribution in [0.3, 0.4) is 0 Å². The van der Waals surface area contributed by atoms with E-state index >= 15 is 0 Å². The minimum Gasteiger partial charge on any atom is -0.394 e. The molecule has 7 aliphatic heterocycles. The van der Waals surface area contributed by atoms with Gasteiger partial charge in [-0.25, -0.2) is 0 Å². The Morgan fingerprint density at radius 1 is 0.347 bits per heavy atom. The van der Waals surface area contributed by atoms with Gasteiger partial charge in [0.15, 0.2) is 44.0 Å². The minimum atomic E-state index is -2.43. The van der Waals surface area contributed by atoms with E-state index in [1.807, 2.05) is 0 Å². The van der Waals surface area contributed by atoms with Crippen molar-refractivity contribution in [3.8, 4) is 0 Å². The minimum absolute atomic E-state index is 0.887. The lowest BCUT2D eigenvalue weighted by molar-refractivity contribution is -0.383. The quantitative estimate of drug-likeness (QED) is 0.0331. The van der Waals surface area contributed by atoms with E-state index in [0.717, 1.165) is 20.8 Å². The summed E-state index contributed by atoms with van der Waals surface area (Å²) in [5.41, 5.74) is 0. The second-order valence-corrected chi connectivity index (χ2v) is 24.4. The van der Waals surface area contributed by atoms with Crippen molar-refractivity contribution in [2.24, 2.45) is 0 Å². The van der Waals surface area contributed by atoms with E-state index in [2.05, 4.69) is 16.0 Å². The lowest BCUT2D eigenvalue weighted by Gasteiger charge is -2.50. The van der Waals surface area contributed by atoms with Crippen LogP contribution in [0, 0.1) is 0 Å². The predicted molar refractivity (Wildman–Crippen MR) is 301 cm³/mol. The highest BCUT2D eigenvalue weighted by Gasteiger charge is 2.59. The van der Waals surface area contributed by atoms with Crippen LogP contribution in [0.15, 0.2) is 0 Å². The van der Waals surface area contributed by atoms with Crippen LogP contribution in [0.4, 0.5) is 0 Å². The Balaban J connectivity index is 1.06. The van der Waals surface area contributed by atoms with Crippen LogP contribution in [0.2, 0.25) is 0 Å². The Labute approximate surface area is 555 Å². The van der Waals surface area contributed by atoms with Crippen LogP contribution in [-0.2, 0) is 80.7 Å². The molecule has 0 aromatic carbocycles. The molecule has 44 heteroatoms. The number of amides is 3. The number of aliphatic hydroxyl groups excluding tert-OH is 24. The van der Waals surface area contributed by atoms with Crippen LogP contribution < -0.4 is 16.0 Å². The van der Waals surface area contributed by atoms with Gasteiger partial charge >= 0.3 is 0 Å². The zero-order valence-corrected chi connectivity index (χ0v) is 52.6. The third kappa shape index (κ3) is 18.5. The fourth-order valence-electron chi connectivity index (χ4n) is 12.2. The van der Waals surface area contributed by atoms with Crippen molar-refractivity contribution in [1.29, 1.82) is 0 Å². The van der Waals surface area contributed by atoms with E-state index in [-0.39, 0.29) is 0 Å². The number of hydrogen-bond acceptors (Lipinski definition) is 41. The molecule has 7 rings (SSSR count). The van der Waals surface area contributed by atoms with Gasteiger partial charge in [-0.2, -0.15) is 0 Å². The number of carbonyl (C=O) groups excluding carboxylic acids is 3. The molecule has 0 bridgehead atoms. The zero-order valence-electron chi connectivity index (χ0n) is 52.6. The molecule has 0 saturated carbocycles. The second-order valence-electron chi connectivity index (χ2n) is 24.4. The van der Waals surface area contributed by atoms with Crippen LogP contribution in [0.1, 0.15) is 20.8 Å². The van der Waals surface area contributed by atoms with Gasteiger partial charge in [0.25, 0.3) is 0 Å². The number of carbonyl (C=O) groups is 3. The van der Waals surface area contributed by atoms with E-state index in [1.54, 1.807) is 0 Å². The molecule has 7 saturated heterocycles. The maximum absolute atomic E-state index is 12.8. The SMILES string of the molecule is CC(=O)N[C@H]1[C@H](OC[C@@H](O)[C@H](O)[C@H](O[C@@H]2O[C@H](CO)[C@H](O)[C@H](O[C@@H]3O[C@H](CO)[C@@H](O[C@@H]4O[C@H](CO)[C@H](O)[C@H](O[C@H]5O[C@H](CO)[C@H](O)[C@H](O)[C@H]5O)[C@H]4O)[C@H](O)[C@H]3NC(C)=O)[C@H]2O)[C@H](CO)NC(C)=O)O[C@H](CO)[C@@H](O[C@@H]2O[C@H](CO)[C@H](O)[C@H](O[C@H]3O[C@H](CO)[C@H](O)[C@H](O)[C@H]3O)[C@H]2O)[C@@H]1O. The van der Waals surface area contributed by atoms with Crippen molar-refractivity contribution in [2.75, 3.05) is 59.5 Å². The Morgan fingerprint density at radius 2 is 0.653 bits per heavy atom. The summed E-state index contributed by atoms with van der Waals surface area (Å²) in [6.07, 6.45) is -72.1. The Bertz CT molecular complexity index is 2460. The van der Waals surface area contributed by atoms with E-state index < -0.39 is 316 Å². The highest BCUT2D eigenvalue weighted by Crippen LogP contribution is 2.38. The molecule has 0 aliphatic carbocycles. The molecule has 7 heterocycles. The first-order valence-corrected chi connectivity index (χ1v) is 31.0. The third-order valence-electron chi connectivity index (χ3n) is 17.5. The summed E-state index contributed by atoms with van der Waals surface area (Å²) >= 11 is 0. The van der Waals surface area contributed by atoms with Crippen LogP contribution >= 0.6 is 0 Å². The third-order valence-corrected chi connectivity index (χ3v) is 17.5. The van der Waals surface area contributed by atoms with Gasteiger partial charge in [-0.3, -0.25) is 14.4 Å². The van der Waals surface area contributed by atoms with Gasteiger partial charge in [0, 0.05) is 20.8 Å². The molecule has 0 unspecified atom stereocenters. The standard InChI is InChI=1S/C54H93N3O41/c1-13(66)55-16(4-58)42(27(70)17(69)12-85-48-25(56-14(2)67)33(76)43(23(10-64)91-48)94-53-40(83)46(31(74)21(8-62)89-53)97-50-37(80)35(78)28(71)18(5-59)86-50)93-52-39(82)45(30(73)20(7-61)88-52)96-49-26(57-15(3)68)34(77)44(24(11-65)92-49)95-54-41(84)47(32(75)22(9-63)90-54)98-51-38(81)36(79)29(72)19(6-60)87-51/h16-54,58-65,69-84H,4-12H2,1-3H3,(H,55,66)(H,56,67)(H,57,68)/t16-,17+,18+,19+,20+,21+,22+,23+,24+,25+,26+,27-,28-,29-,30-,31-,32-,33+,34+,35-,36-,37+,38+,39+,40+,41+,42+,43+,44+,45-,46-,47-,48+,49-,50+,51+,52-,53-,54-/m0/s1. The molecule has 0 radical (unpaired) electrons. The summed E-state index contributed by atoms with van der Waals surface area (Å²) in [6.45, 7) is -6.60. The molecule has 570 valence electrons. The summed E-state index contributed by atoms with van der Waals surface area (Å²) < 4.78 is 79.9. The number of aliphatic hydroxyl groups is 24. The van der Waals surface area contributed by atoms with E-state index in [4.69, 9.17) is 66.3 Å². The molecule has 7 fully saturated rings. The number of rotatable bonds is 29. The van der Waals surface area contributed by atoms with Crippen molar-refractivity contribution in [3.63, 3.8) is 0 Å². The molecule has 44 nitrogen and oxygen atoms in total. The molecule has 7 aliphatic rings. The van der Waals surface area contributed by atoms with E-state index in [1.165, 1.54) is 0 Å². The molecule has 0 spiro atoms. The lowest BCUT2D eigenvalue weighted by atomic mass is 9.94. The fraction of sp³-hybridized carbons (Fsp3) is 0.944. The number of nitrogens with one attached hydrogen (secondary N) is 3. The first-order valence-electron chi connectivity index (χ1n) is 31.0. The largest absolute Gasteiger partial charge is 0.394 e. The van der Waals surface area contributed by atoms with Gasteiger partial charge in [-0.05, 0) is 0 Å². The van der Waals surface area contributed by atoms with Gasteiger partial charge < -0.3 is 205 Å². The van der Waals surface area contributed by atoms with Gasteiger partial charge in [0.2, 0.25) is 17.7 Å². The topological polar surface area (TPSA) is 702 Å². The molecule has 98 heavy (non-hydrogen) atoms. The van der Waals surface area contributed by atoms with Crippen LogP contribution in [0.25, 0.3) is 0 Å². The van der Waals surface area contributed by atoms with Gasteiger partial charge in [0.1, 0.15) is 189 Å². The highest BCUT2D eigenvalue weighted by atomic mass is 16.8. The van der Waals surface area contributed by atoms with Crippen molar-refractivity contribution < 1.29 is 203 Å². The zero-order chi connectivity index (χ0) is 72.6. The molecule has 39 atom stereocenters. The average Bonchev–Trinajstić information content (AvgIpc) is 0.792. The van der Waals surface area contributed by atoms with E-state index in [9.17, 15) is 137 Å². The average molecular weight is 1440 g/mol. The first-order chi connectivity index (χ1) is 46.3. The summed E-state index contributed by atoms with van der Waals surface area (Å²) in [4.78, 5) is 37.9. The van der Waals surface area contributed by atoms with E-state index in [0.29, 0.717) is 0 Å². The lowest BCUT2D eigenvalue weighted by Crippen LogP contribution is -2.70. The summed E-state index contributed by atoms with van der Waals surface area (Å²) in [6, 6.07) is -5.49. The molecule has 27 N–H and O–H groups in total. The van der Waals surface area contributed by atoms with Gasteiger partial charge in [0.05, 0.1) is 65.5 Å². The molecule has 0 aromatic heterocycles. The molecular weight excluding hydrogens is 1350 g/mol. The Hall–Kier alpha value is -3.11. The van der Waals surface area contributed by atoms with Crippen molar-refractivity contribution in [2.45, 2.75) is 260 Å². The van der Waals surface area contributed by atoms with Crippen molar-refractivity contribution in [3.05, 3.63) is 0 Å². The summed E-state index contributed by atoms with van der Waals surface area (Å²) in [5.74, 6) is -2.72. The number of hydrogen-bond donors (Lipinski definition) is 27. The highest BCUT2D eigenvalue weighted by molar-refractivity contribution is 5.74. The van der Waals surface area contributed by atoms with Crippen molar-refractivity contribution >= 4 is 17.7 Å². The predicted octanol–water partition coefficient (Wildman–Crippen LogP) is -18.4. The molecule has 0 aromatic rings. The van der Waals surface area contributed by atoms with Gasteiger partial charge in [-0.15, -0.1) is 0 Å². The molecule has 3 amide bonds. The van der Waals surface area contributed by atoms with Gasteiger partial charge in [-0.1, -0.05) is 0 Å². The first kappa shape index (κ1) is 82.2.